The standard InChI is InChI=1S/C32H37FN2O2/c1-6-24-19-25(37-32(4,5)36-24)16-17-27-28(21-12-14-23(33)15-13-21)26-11-7-9-22-10-8-18-34-30(22)31(26)35-29(27)20(2)3/h8,10,12-18,20,24-25H,6-7,9,11,19H2,1-5H3/b17-16+/t24-,25+/m0/s1. The fourth-order valence-corrected chi connectivity index (χ4v) is 5.68. The van der Waals surface area contributed by atoms with E-state index in [-0.39, 0.29) is 23.9 Å². The van der Waals surface area contributed by atoms with E-state index in [0.717, 1.165) is 65.9 Å². The molecule has 5 rings (SSSR count). The summed E-state index contributed by atoms with van der Waals surface area (Å²) in [6.07, 6.45) is 10.9. The third-order valence-corrected chi connectivity index (χ3v) is 7.35. The number of hydrogen-bond acceptors (Lipinski definition) is 4. The fraction of sp³-hybridized carbons (Fsp3) is 0.438. The van der Waals surface area contributed by atoms with Gasteiger partial charge in [0.05, 0.1) is 29.3 Å². The second-order valence-electron chi connectivity index (χ2n) is 10.9. The second-order valence-corrected chi connectivity index (χ2v) is 10.9. The van der Waals surface area contributed by atoms with E-state index >= 15 is 0 Å². The summed E-state index contributed by atoms with van der Waals surface area (Å²) in [5, 5.41) is 0. The molecule has 2 aromatic heterocycles. The van der Waals surface area contributed by atoms with Crippen LogP contribution in [0.25, 0.3) is 28.6 Å². The molecule has 37 heavy (non-hydrogen) atoms. The minimum atomic E-state index is -0.629. The average molecular weight is 501 g/mol. The third kappa shape index (κ3) is 5.39. The van der Waals surface area contributed by atoms with Crippen molar-refractivity contribution in [2.24, 2.45) is 0 Å². The van der Waals surface area contributed by atoms with Gasteiger partial charge in [-0.3, -0.25) is 4.98 Å². The summed E-state index contributed by atoms with van der Waals surface area (Å²) in [5.41, 5.74) is 8.58. The molecule has 0 radical (unpaired) electrons. The molecule has 5 heteroatoms. The Hall–Kier alpha value is -2.89. The average Bonchev–Trinajstić information content (AvgIpc) is 3.05. The topological polar surface area (TPSA) is 44.2 Å². The van der Waals surface area contributed by atoms with Crippen molar-refractivity contribution >= 4 is 6.08 Å². The van der Waals surface area contributed by atoms with Crippen molar-refractivity contribution in [3.05, 3.63) is 76.9 Å². The van der Waals surface area contributed by atoms with Gasteiger partial charge < -0.3 is 9.47 Å². The summed E-state index contributed by atoms with van der Waals surface area (Å²) >= 11 is 0. The van der Waals surface area contributed by atoms with E-state index in [1.54, 1.807) is 12.1 Å². The van der Waals surface area contributed by atoms with Gasteiger partial charge in [0, 0.05) is 18.2 Å². The number of halogens is 1. The first-order valence-electron chi connectivity index (χ1n) is 13.6. The molecule has 2 aliphatic rings. The molecular weight excluding hydrogens is 463 g/mol. The molecule has 0 saturated carbocycles. The number of aryl methyl sites for hydroxylation is 1. The maximum atomic E-state index is 14.0. The van der Waals surface area contributed by atoms with Gasteiger partial charge in [0.1, 0.15) is 5.82 Å². The Morgan fingerprint density at radius 1 is 1.08 bits per heavy atom. The maximum absolute atomic E-state index is 14.0. The van der Waals surface area contributed by atoms with Crippen LogP contribution in [0.2, 0.25) is 0 Å². The van der Waals surface area contributed by atoms with Crippen molar-refractivity contribution in [1.29, 1.82) is 0 Å². The molecule has 0 amide bonds. The molecule has 1 fully saturated rings. The number of nitrogens with zero attached hydrogens (tertiary/aromatic N) is 2. The Balaban J connectivity index is 1.71. The van der Waals surface area contributed by atoms with Gasteiger partial charge in [-0.25, -0.2) is 9.37 Å². The smallest absolute Gasteiger partial charge is 0.163 e. The van der Waals surface area contributed by atoms with Crippen molar-refractivity contribution < 1.29 is 13.9 Å². The van der Waals surface area contributed by atoms with Crippen LogP contribution in [0.5, 0.6) is 0 Å². The SMILES string of the molecule is CC[C@H]1C[C@@H](/C=C/c2c(C(C)C)nc3c(c2-c2ccc(F)cc2)CCCc2cccnc2-3)OC(C)(C)O1. The van der Waals surface area contributed by atoms with E-state index in [1.165, 1.54) is 11.1 Å². The molecule has 0 bridgehead atoms. The first-order chi connectivity index (χ1) is 17.8. The Morgan fingerprint density at radius 2 is 1.86 bits per heavy atom. The van der Waals surface area contributed by atoms with Gasteiger partial charge in [0.2, 0.25) is 0 Å². The molecule has 1 aliphatic carbocycles. The largest absolute Gasteiger partial charge is 0.347 e. The molecular formula is C32H37FN2O2. The van der Waals surface area contributed by atoms with Gasteiger partial charge in [-0.05, 0) is 85.9 Å². The minimum absolute atomic E-state index is 0.0593. The van der Waals surface area contributed by atoms with Crippen molar-refractivity contribution in [2.45, 2.75) is 90.6 Å². The zero-order chi connectivity index (χ0) is 26.2. The summed E-state index contributed by atoms with van der Waals surface area (Å²) in [7, 11) is 0. The fourth-order valence-electron chi connectivity index (χ4n) is 5.68. The molecule has 1 saturated heterocycles. The quantitative estimate of drug-likeness (QED) is 0.357. The zero-order valence-electron chi connectivity index (χ0n) is 22.6. The Morgan fingerprint density at radius 3 is 2.59 bits per heavy atom. The molecule has 0 unspecified atom stereocenters. The van der Waals surface area contributed by atoms with Crippen LogP contribution < -0.4 is 0 Å². The molecule has 3 heterocycles. The van der Waals surface area contributed by atoms with E-state index in [0.29, 0.717) is 0 Å². The molecule has 3 aromatic rings. The van der Waals surface area contributed by atoms with Gasteiger partial charge in [-0.15, -0.1) is 0 Å². The van der Waals surface area contributed by atoms with Crippen molar-refractivity contribution in [3.8, 4) is 22.5 Å². The number of hydrogen-bond donors (Lipinski definition) is 0. The number of benzene rings is 1. The monoisotopic (exact) mass is 500 g/mol. The first kappa shape index (κ1) is 25.7. The van der Waals surface area contributed by atoms with Crippen LogP contribution in [0.4, 0.5) is 4.39 Å². The highest BCUT2D eigenvalue weighted by atomic mass is 19.1. The lowest BCUT2D eigenvalue weighted by Crippen LogP contribution is -2.43. The molecule has 1 aliphatic heterocycles. The lowest BCUT2D eigenvalue weighted by molar-refractivity contribution is -0.290. The molecule has 0 N–H and O–H groups in total. The van der Waals surface area contributed by atoms with Crippen LogP contribution in [0.3, 0.4) is 0 Å². The lowest BCUT2D eigenvalue weighted by atomic mass is 9.87. The number of aromatic nitrogens is 2. The zero-order valence-corrected chi connectivity index (χ0v) is 22.6. The van der Waals surface area contributed by atoms with Crippen molar-refractivity contribution in [2.75, 3.05) is 0 Å². The summed E-state index contributed by atoms with van der Waals surface area (Å²) in [6, 6.07) is 11.0. The third-order valence-electron chi connectivity index (χ3n) is 7.35. The molecule has 1 aromatic carbocycles. The predicted octanol–water partition coefficient (Wildman–Crippen LogP) is 7.90. The Bertz CT molecular complexity index is 1300. The highest BCUT2D eigenvalue weighted by Crippen LogP contribution is 2.41. The van der Waals surface area contributed by atoms with E-state index in [1.807, 2.05) is 38.2 Å². The lowest BCUT2D eigenvalue weighted by Gasteiger charge is -2.39. The molecule has 4 nitrogen and oxygen atoms in total. The van der Waals surface area contributed by atoms with Crippen LogP contribution in [0.15, 0.2) is 48.7 Å². The second kappa shape index (κ2) is 10.5. The highest BCUT2D eigenvalue weighted by Gasteiger charge is 2.34. The van der Waals surface area contributed by atoms with Crippen LogP contribution in [-0.2, 0) is 22.3 Å². The highest BCUT2D eigenvalue weighted by molar-refractivity contribution is 5.85. The van der Waals surface area contributed by atoms with E-state index in [4.69, 9.17) is 19.4 Å². The molecule has 194 valence electrons. The number of ether oxygens (including phenoxy) is 2. The summed E-state index contributed by atoms with van der Waals surface area (Å²) in [6.45, 7) is 10.5. The Labute approximate surface area is 220 Å². The molecule has 2 atom stereocenters. The maximum Gasteiger partial charge on any atom is 0.163 e. The van der Waals surface area contributed by atoms with E-state index < -0.39 is 5.79 Å². The first-order valence-corrected chi connectivity index (χ1v) is 13.6. The number of rotatable bonds is 5. The Kier molecular flexibility index (Phi) is 7.28. The molecule has 0 spiro atoms. The summed E-state index contributed by atoms with van der Waals surface area (Å²) in [5.74, 6) is -0.675. The summed E-state index contributed by atoms with van der Waals surface area (Å²) in [4.78, 5) is 10.1. The minimum Gasteiger partial charge on any atom is -0.347 e. The van der Waals surface area contributed by atoms with Gasteiger partial charge in [-0.2, -0.15) is 0 Å². The van der Waals surface area contributed by atoms with Gasteiger partial charge >= 0.3 is 0 Å². The van der Waals surface area contributed by atoms with Gasteiger partial charge in [0.15, 0.2) is 5.79 Å². The number of pyridine rings is 2. The van der Waals surface area contributed by atoms with Crippen molar-refractivity contribution in [3.63, 3.8) is 0 Å². The number of fused-ring (bicyclic) bond motifs is 3. The van der Waals surface area contributed by atoms with Crippen LogP contribution in [-0.4, -0.2) is 28.0 Å². The van der Waals surface area contributed by atoms with Gasteiger partial charge in [-0.1, -0.05) is 51.1 Å². The van der Waals surface area contributed by atoms with Crippen LogP contribution in [0, 0.1) is 5.82 Å². The van der Waals surface area contributed by atoms with E-state index in [9.17, 15) is 4.39 Å². The van der Waals surface area contributed by atoms with Crippen molar-refractivity contribution in [1.82, 2.24) is 9.97 Å². The summed E-state index contributed by atoms with van der Waals surface area (Å²) < 4.78 is 26.3. The predicted molar refractivity (Wildman–Crippen MR) is 147 cm³/mol. The normalized spacial score (nSPS) is 21.1. The van der Waals surface area contributed by atoms with Crippen LogP contribution >= 0.6 is 0 Å². The van der Waals surface area contributed by atoms with E-state index in [2.05, 4.69) is 39.0 Å². The van der Waals surface area contributed by atoms with Crippen LogP contribution in [0.1, 0.15) is 82.2 Å². The van der Waals surface area contributed by atoms with Gasteiger partial charge in [0.25, 0.3) is 0 Å².